The number of phenolic OH excluding ortho intramolecular Hbond substituents is 1. The zero-order valence-electron chi connectivity index (χ0n) is 11.3. The van der Waals surface area contributed by atoms with Crippen LogP contribution in [0.2, 0.25) is 0 Å². The van der Waals surface area contributed by atoms with Crippen LogP contribution in [-0.4, -0.2) is 16.9 Å². The molecule has 0 heterocycles. The molecule has 22 heavy (non-hydrogen) atoms. The van der Waals surface area contributed by atoms with Gasteiger partial charge in [0.2, 0.25) is 5.91 Å². The summed E-state index contributed by atoms with van der Waals surface area (Å²) in [5, 5.41) is 12.3. The number of primary amides is 1. The Morgan fingerprint density at radius 1 is 1.23 bits per heavy atom. The van der Waals surface area contributed by atoms with Crippen LogP contribution in [0.1, 0.15) is 15.9 Å². The van der Waals surface area contributed by atoms with Gasteiger partial charge in [0.25, 0.3) is 5.91 Å². The van der Waals surface area contributed by atoms with Gasteiger partial charge in [0.05, 0.1) is 12.0 Å². The van der Waals surface area contributed by atoms with Crippen molar-refractivity contribution in [2.45, 2.75) is 6.42 Å². The van der Waals surface area contributed by atoms with E-state index < -0.39 is 17.6 Å². The van der Waals surface area contributed by atoms with Crippen LogP contribution in [-0.2, 0) is 11.2 Å². The summed E-state index contributed by atoms with van der Waals surface area (Å²) in [6.45, 7) is 0. The van der Waals surface area contributed by atoms with Crippen LogP contribution < -0.4 is 11.1 Å². The third-order valence-corrected chi connectivity index (χ3v) is 3.41. The molecule has 0 radical (unpaired) electrons. The van der Waals surface area contributed by atoms with Crippen molar-refractivity contribution in [3.8, 4) is 5.75 Å². The van der Waals surface area contributed by atoms with Gasteiger partial charge in [0.1, 0.15) is 11.6 Å². The lowest BCUT2D eigenvalue weighted by atomic mass is 10.1. The lowest BCUT2D eigenvalue weighted by molar-refractivity contribution is -0.115. The van der Waals surface area contributed by atoms with E-state index in [1.807, 2.05) is 0 Å². The summed E-state index contributed by atoms with van der Waals surface area (Å²) < 4.78 is 14.0. The van der Waals surface area contributed by atoms with Gasteiger partial charge in [0, 0.05) is 15.7 Å². The molecule has 114 valence electrons. The molecule has 5 nitrogen and oxygen atoms in total. The van der Waals surface area contributed by atoms with Gasteiger partial charge < -0.3 is 16.2 Å². The molecule has 0 unspecified atom stereocenters. The van der Waals surface area contributed by atoms with Crippen LogP contribution in [0.25, 0.3) is 0 Å². The molecule has 7 heteroatoms. The molecule has 4 N–H and O–H groups in total. The molecule has 0 spiro atoms. The molecule has 2 amide bonds. The first-order chi connectivity index (χ1) is 10.4. The number of anilines is 1. The van der Waals surface area contributed by atoms with Crippen LogP contribution in [0, 0.1) is 5.82 Å². The molecule has 0 atom stereocenters. The van der Waals surface area contributed by atoms with Crippen molar-refractivity contribution in [3.05, 3.63) is 57.8 Å². The van der Waals surface area contributed by atoms with E-state index in [2.05, 4.69) is 21.2 Å². The highest BCUT2D eigenvalue weighted by molar-refractivity contribution is 9.10. The second kappa shape index (κ2) is 6.57. The minimum Gasteiger partial charge on any atom is -0.508 e. The van der Waals surface area contributed by atoms with E-state index in [-0.39, 0.29) is 23.4 Å². The molecule has 2 aromatic carbocycles. The molecule has 0 bridgehead atoms. The first-order valence-corrected chi connectivity index (χ1v) is 7.02. The maximum absolute atomic E-state index is 13.3. The molecule has 0 aliphatic rings. The van der Waals surface area contributed by atoms with Gasteiger partial charge in [-0.05, 0) is 30.3 Å². The van der Waals surface area contributed by atoms with Gasteiger partial charge in [-0.2, -0.15) is 0 Å². The van der Waals surface area contributed by atoms with Crippen molar-refractivity contribution in [2.24, 2.45) is 5.73 Å². The van der Waals surface area contributed by atoms with Crippen molar-refractivity contribution >= 4 is 33.4 Å². The minimum atomic E-state index is -0.917. The van der Waals surface area contributed by atoms with Crippen LogP contribution in [0.15, 0.2) is 40.9 Å². The van der Waals surface area contributed by atoms with E-state index in [0.29, 0.717) is 10.0 Å². The number of carbonyl (C=O) groups is 2. The van der Waals surface area contributed by atoms with Crippen LogP contribution in [0.5, 0.6) is 5.75 Å². The van der Waals surface area contributed by atoms with E-state index in [4.69, 9.17) is 5.73 Å². The number of hydrogen-bond donors (Lipinski definition) is 3. The quantitative estimate of drug-likeness (QED) is 0.776. The standard InChI is InChI=1S/C15H12BrFN2O3/c16-9-2-1-8(13(20)6-9)5-14(21)19-10-3-4-12(17)11(7-10)15(18)22/h1-4,6-7,20H,5H2,(H2,18,22)(H,19,21). The van der Waals surface area contributed by atoms with Gasteiger partial charge in [0.15, 0.2) is 0 Å². The second-order valence-corrected chi connectivity index (χ2v) is 5.47. The van der Waals surface area contributed by atoms with Crippen LogP contribution in [0.4, 0.5) is 10.1 Å². The molecule has 2 aromatic rings. The molecule has 0 aliphatic heterocycles. The van der Waals surface area contributed by atoms with E-state index in [9.17, 15) is 19.1 Å². The maximum Gasteiger partial charge on any atom is 0.251 e. The Balaban J connectivity index is 2.12. The summed E-state index contributed by atoms with van der Waals surface area (Å²) in [6, 6.07) is 8.32. The van der Waals surface area contributed by atoms with Crippen LogP contribution in [0.3, 0.4) is 0 Å². The van der Waals surface area contributed by atoms with Crippen LogP contribution >= 0.6 is 15.9 Å². The number of phenols is 1. The van der Waals surface area contributed by atoms with Crippen molar-refractivity contribution in [2.75, 3.05) is 5.32 Å². The molecular formula is C15H12BrFN2O3. The second-order valence-electron chi connectivity index (χ2n) is 4.56. The summed E-state index contributed by atoms with van der Waals surface area (Å²) in [4.78, 5) is 23.0. The lowest BCUT2D eigenvalue weighted by Crippen LogP contribution is -2.17. The largest absolute Gasteiger partial charge is 0.508 e. The average Bonchev–Trinajstić information content (AvgIpc) is 2.44. The summed E-state index contributed by atoms with van der Waals surface area (Å²) in [5.74, 6) is -2.10. The highest BCUT2D eigenvalue weighted by atomic mass is 79.9. The fourth-order valence-corrected chi connectivity index (χ4v) is 2.21. The molecule has 2 rings (SSSR count). The Kier molecular flexibility index (Phi) is 4.77. The molecule has 0 saturated carbocycles. The number of rotatable bonds is 4. The van der Waals surface area contributed by atoms with Gasteiger partial charge >= 0.3 is 0 Å². The van der Waals surface area contributed by atoms with E-state index in [0.717, 1.165) is 12.1 Å². The molecule has 0 aromatic heterocycles. The predicted molar refractivity (Wildman–Crippen MR) is 83.1 cm³/mol. The molecule has 0 saturated heterocycles. The van der Waals surface area contributed by atoms with Crippen molar-refractivity contribution in [1.29, 1.82) is 0 Å². The van der Waals surface area contributed by atoms with Gasteiger partial charge in [-0.25, -0.2) is 4.39 Å². The Morgan fingerprint density at radius 2 is 1.95 bits per heavy atom. The summed E-state index contributed by atoms with van der Waals surface area (Å²) in [6.07, 6.45) is -0.0671. The Morgan fingerprint density at radius 3 is 2.59 bits per heavy atom. The zero-order valence-corrected chi connectivity index (χ0v) is 12.9. The van der Waals surface area contributed by atoms with Gasteiger partial charge in [-0.15, -0.1) is 0 Å². The number of benzene rings is 2. The average molecular weight is 367 g/mol. The molecule has 0 fully saturated rings. The summed E-state index contributed by atoms with van der Waals surface area (Å²) in [5.41, 5.74) is 5.43. The number of hydrogen-bond acceptors (Lipinski definition) is 3. The van der Waals surface area contributed by atoms with Gasteiger partial charge in [-0.3, -0.25) is 9.59 Å². The highest BCUT2D eigenvalue weighted by Gasteiger charge is 2.12. The first kappa shape index (κ1) is 16.0. The number of halogens is 2. The third-order valence-electron chi connectivity index (χ3n) is 2.91. The highest BCUT2D eigenvalue weighted by Crippen LogP contribution is 2.23. The predicted octanol–water partition coefficient (Wildman–Crippen LogP) is 2.57. The Bertz CT molecular complexity index is 750. The summed E-state index contributed by atoms with van der Waals surface area (Å²) >= 11 is 3.20. The molecular weight excluding hydrogens is 355 g/mol. The van der Waals surface area contributed by atoms with E-state index in [1.54, 1.807) is 12.1 Å². The van der Waals surface area contributed by atoms with E-state index >= 15 is 0 Å². The summed E-state index contributed by atoms with van der Waals surface area (Å²) in [7, 11) is 0. The monoisotopic (exact) mass is 366 g/mol. The van der Waals surface area contributed by atoms with Crippen molar-refractivity contribution in [3.63, 3.8) is 0 Å². The van der Waals surface area contributed by atoms with Gasteiger partial charge in [-0.1, -0.05) is 22.0 Å². The molecule has 0 aliphatic carbocycles. The van der Waals surface area contributed by atoms with E-state index in [1.165, 1.54) is 12.1 Å². The number of carbonyl (C=O) groups excluding carboxylic acids is 2. The number of nitrogens with two attached hydrogens (primary N) is 1. The van der Waals surface area contributed by atoms with Crippen molar-refractivity contribution < 1.29 is 19.1 Å². The smallest absolute Gasteiger partial charge is 0.251 e. The van der Waals surface area contributed by atoms with Crippen molar-refractivity contribution in [1.82, 2.24) is 0 Å². The zero-order chi connectivity index (χ0) is 16.3. The number of amides is 2. The SMILES string of the molecule is NC(=O)c1cc(NC(=O)Cc2ccc(Br)cc2O)ccc1F. The fourth-order valence-electron chi connectivity index (χ4n) is 1.86. The maximum atomic E-state index is 13.3. The number of nitrogens with one attached hydrogen (secondary N) is 1. The first-order valence-electron chi connectivity index (χ1n) is 6.23. The lowest BCUT2D eigenvalue weighted by Gasteiger charge is -2.08. The topological polar surface area (TPSA) is 92.4 Å². The minimum absolute atomic E-state index is 0.0125. The number of aromatic hydroxyl groups is 1. The fraction of sp³-hybridized carbons (Fsp3) is 0.0667. The normalized spacial score (nSPS) is 10.3. The third kappa shape index (κ3) is 3.82. The Hall–Kier alpha value is -2.41. The Labute approximate surface area is 134 Å².